The zero-order valence-electron chi connectivity index (χ0n) is 15.8. The molecule has 0 spiro atoms. The van der Waals surface area contributed by atoms with Gasteiger partial charge in [0.2, 0.25) is 11.8 Å². The van der Waals surface area contributed by atoms with Gasteiger partial charge in [0, 0.05) is 25.9 Å². The Hall–Kier alpha value is -3.46. The zero-order chi connectivity index (χ0) is 22.1. The second-order valence-electron chi connectivity index (χ2n) is 6.20. The van der Waals surface area contributed by atoms with Gasteiger partial charge in [0.15, 0.2) is 0 Å². The first-order valence-electron chi connectivity index (χ1n) is 8.96. The van der Waals surface area contributed by atoms with Crippen LogP contribution in [0.4, 0.5) is 10.1 Å². The van der Waals surface area contributed by atoms with Crippen LogP contribution in [0.2, 0.25) is 5.02 Å². The molecule has 10 heteroatoms. The first kappa shape index (κ1) is 22.8. The highest BCUT2D eigenvalue weighted by molar-refractivity contribution is 6.33. The van der Waals surface area contributed by atoms with E-state index in [9.17, 15) is 23.6 Å². The van der Waals surface area contributed by atoms with Gasteiger partial charge in [-0.05, 0) is 30.3 Å². The normalized spacial score (nSPS) is 10.2. The maximum atomic E-state index is 13.1. The largest absolute Gasteiger partial charge is 0.370 e. The molecule has 0 saturated heterocycles. The van der Waals surface area contributed by atoms with E-state index in [4.69, 9.17) is 17.3 Å². The van der Waals surface area contributed by atoms with Crippen LogP contribution in [0.15, 0.2) is 42.5 Å². The molecule has 2 aromatic rings. The van der Waals surface area contributed by atoms with Gasteiger partial charge in [-0.15, -0.1) is 0 Å². The number of carbonyl (C=O) groups excluding carboxylic acids is 4. The zero-order valence-corrected chi connectivity index (χ0v) is 16.6. The smallest absolute Gasteiger partial charge is 0.253 e. The van der Waals surface area contributed by atoms with Crippen LogP contribution >= 0.6 is 11.6 Å². The summed E-state index contributed by atoms with van der Waals surface area (Å²) in [5, 5.41) is 7.63. The van der Waals surface area contributed by atoms with Crippen molar-refractivity contribution in [3.63, 3.8) is 0 Å². The lowest BCUT2D eigenvalue weighted by atomic mass is 10.1. The number of anilines is 1. The van der Waals surface area contributed by atoms with Crippen molar-refractivity contribution in [2.45, 2.75) is 12.8 Å². The van der Waals surface area contributed by atoms with E-state index in [-0.39, 0.29) is 47.8 Å². The van der Waals surface area contributed by atoms with Gasteiger partial charge in [0.25, 0.3) is 11.8 Å². The molecular weight excluding hydrogens is 415 g/mol. The minimum absolute atomic E-state index is 0.00195. The number of halogens is 2. The number of hydrogen-bond acceptors (Lipinski definition) is 4. The molecule has 0 aliphatic carbocycles. The fraction of sp³-hybridized carbons (Fsp3) is 0.200. The number of hydrogen-bond donors (Lipinski definition) is 4. The SMILES string of the molecule is NC(=O)CCNC(=O)c1ccccc1NC(=O)CCNC(=O)c1ccc(F)cc1Cl. The molecular formula is C20H20ClFN4O4. The number of carbonyl (C=O) groups is 4. The molecule has 2 aromatic carbocycles. The lowest BCUT2D eigenvalue weighted by molar-refractivity contribution is -0.118. The number of nitrogens with two attached hydrogens (primary N) is 1. The minimum Gasteiger partial charge on any atom is -0.370 e. The molecule has 158 valence electrons. The van der Waals surface area contributed by atoms with Crippen LogP contribution in [-0.4, -0.2) is 36.7 Å². The van der Waals surface area contributed by atoms with E-state index in [0.29, 0.717) is 0 Å². The third kappa shape index (κ3) is 6.85. The standard InChI is InChI=1S/C20H20ClFN4O4/c21-15-11-12(22)5-6-13(15)19(29)25-10-8-18(28)26-16-4-2-1-3-14(16)20(30)24-9-7-17(23)27/h1-6,11H,7-10H2,(H2,23,27)(H,24,30)(H,25,29)(H,26,28). The molecule has 0 aliphatic heterocycles. The highest BCUT2D eigenvalue weighted by Crippen LogP contribution is 2.17. The summed E-state index contributed by atoms with van der Waals surface area (Å²) in [5.74, 6) is -2.54. The van der Waals surface area contributed by atoms with Crippen LogP contribution in [0.3, 0.4) is 0 Å². The topological polar surface area (TPSA) is 130 Å². The number of primary amides is 1. The number of rotatable bonds is 9. The van der Waals surface area contributed by atoms with E-state index >= 15 is 0 Å². The summed E-state index contributed by atoms with van der Waals surface area (Å²) in [5.41, 5.74) is 5.63. The Balaban J connectivity index is 1.88. The average Bonchev–Trinajstić information content (AvgIpc) is 2.67. The van der Waals surface area contributed by atoms with Crippen LogP contribution in [-0.2, 0) is 9.59 Å². The maximum absolute atomic E-state index is 13.1. The molecule has 0 bridgehead atoms. The van der Waals surface area contributed by atoms with Gasteiger partial charge in [-0.3, -0.25) is 19.2 Å². The minimum atomic E-state index is -0.562. The van der Waals surface area contributed by atoms with E-state index in [0.717, 1.165) is 12.1 Å². The van der Waals surface area contributed by atoms with Gasteiger partial charge in [-0.25, -0.2) is 4.39 Å². The summed E-state index contributed by atoms with van der Waals surface area (Å²) in [6.07, 6.45) is -0.0692. The Bertz CT molecular complexity index is 968. The van der Waals surface area contributed by atoms with Gasteiger partial charge in [-0.1, -0.05) is 23.7 Å². The van der Waals surface area contributed by atoms with Crippen molar-refractivity contribution >= 4 is 40.9 Å². The maximum Gasteiger partial charge on any atom is 0.253 e. The number of nitrogens with one attached hydrogen (secondary N) is 3. The van der Waals surface area contributed by atoms with E-state index in [1.54, 1.807) is 18.2 Å². The van der Waals surface area contributed by atoms with Crippen molar-refractivity contribution in [2.75, 3.05) is 18.4 Å². The van der Waals surface area contributed by atoms with Gasteiger partial charge in [-0.2, -0.15) is 0 Å². The Morgan fingerprint density at radius 1 is 0.900 bits per heavy atom. The highest BCUT2D eigenvalue weighted by Gasteiger charge is 2.14. The molecule has 30 heavy (non-hydrogen) atoms. The Labute approximate surface area is 177 Å². The quantitative estimate of drug-likeness (QED) is 0.479. The highest BCUT2D eigenvalue weighted by atomic mass is 35.5. The van der Waals surface area contributed by atoms with Crippen LogP contribution in [0, 0.1) is 5.82 Å². The fourth-order valence-electron chi connectivity index (χ4n) is 2.46. The van der Waals surface area contributed by atoms with Gasteiger partial charge in [0.1, 0.15) is 5.82 Å². The summed E-state index contributed by atoms with van der Waals surface area (Å²) in [7, 11) is 0. The molecule has 2 rings (SSSR count). The Kier molecular flexibility index (Phi) is 8.30. The number of para-hydroxylation sites is 1. The predicted octanol–water partition coefficient (Wildman–Crippen LogP) is 1.84. The van der Waals surface area contributed by atoms with Gasteiger partial charge >= 0.3 is 0 Å². The first-order valence-corrected chi connectivity index (χ1v) is 9.34. The van der Waals surface area contributed by atoms with Crippen LogP contribution in [0.1, 0.15) is 33.6 Å². The molecule has 0 unspecified atom stereocenters. The van der Waals surface area contributed by atoms with Crippen molar-refractivity contribution in [1.29, 1.82) is 0 Å². The molecule has 0 atom stereocenters. The summed E-state index contributed by atoms with van der Waals surface area (Å²) in [4.78, 5) is 47.3. The molecule has 4 amide bonds. The third-order valence-electron chi connectivity index (χ3n) is 3.92. The second-order valence-corrected chi connectivity index (χ2v) is 6.60. The molecule has 0 radical (unpaired) electrons. The monoisotopic (exact) mass is 434 g/mol. The summed E-state index contributed by atoms with van der Waals surface area (Å²) in [6.45, 7) is 0.0831. The van der Waals surface area contributed by atoms with Crippen molar-refractivity contribution in [3.05, 3.63) is 64.4 Å². The van der Waals surface area contributed by atoms with E-state index < -0.39 is 29.4 Å². The Morgan fingerprint density at radius 3 is 2.20 bits per heavy atom. The van der Waals surface area contributed by atoms with Crippen LogP contribution < -0.4 is 21.7 Å². The first-order chi connectivity index (χ1) is 14.3. The Morgan fingerprint density at radius 2 is 1.53 bits per heavy atom. The predicted molar refractivity (Wildman–Crippen MR) is 110 cm³/mol. The second kappa shape index (κ2) is 10.9. The van der Waals surface area contributed by atoms with E-state index in [1.165, 1.54) is 12.1 Å². The number of benzene rings is 2. The van der Waals surface area contributed by atoms with Crippen LogP contribution in [0.5, 0.6) is 0 Å². The van der Waals surface area contributed by atoms with Crippen molar-refractivity contribution < 1.29 is 23.6 Å². The van der Waals surface area contributed by atoms with Crippen molar-refractivity contribution in [3.8, 4) is 0 Å². The number of amides is 4. The lowest BCUT2D eigenvalue weighted by Gasteiger charge is -2.11. The van der Waals surface area contributed by atoms with Gasteiger partial charge in [0.05, 0.1) is 21.8 Å². The van der Waals surface area contributed by atoms with Crippen LogP contribution in [0.25, 0.3) is 0 Å². The lowest BCUT2D eigenvalue weighted by Crippen LogP contribution is -2.30. The summed E-state index contributed by atoms with van der Waals surface area (Å²) < 4.78 is 13.1. The molecule has 0 saturated carbocycles. The van der Waals surface area contributed by atoms with Gasteiger partial charge < -0.3 is 21.7 Å². The molecule has 5 N–H and O–H groups in total. The summed E-state index contributed by atoms with van der Waals surface area (Å²) in [6, 6.07) is 9.73. The molecule has 0 aromatic heterocycles. The van der Waals surface area contributed by atoms with E-state index in [2.05, 4.69) is 16.0 Å². The third-order valence-corrected chi connectivity index (χ3v) is 4.23. The fourth-order valence-corrected chi connectivity index (χ4v) is 2.71. The summed E-state index contributed by atoms with van der Waals surface area (Å²) >= 11 is 5.83. The van der Waals surface area contributed by atoms with Crippen molar-refractivity contribution in [1.82, 2.24) is 10.6 Å². The molecule has 0 fully saturated rings. The molecule has 8 nitrogen and oxygen atoms in total. The van der Waals surface area contributed by atoms with E-state index in [1.807, 2.05) is 0 Å². The molecule has 0 heterocycles. The molecule has 0 aliphatic rings. The average molecular weight is 435 g/mol. The van der Waals surface area contributed by atoms with Crippen molar-refractivity contribution in [2.24, 2.45) is 5.73 Å².